The Labute approximate surface area is 203 Å². The molecule has 0 unspecified atom stereocenters. The second-order valence-electron chi connectivity index (χ2n) is 7.85. The van der Waals surface area contributed by atoms with E-state index in [1.807, 2.05) is 43.3 Å². The van der Waals surface area contributed by atoms with E-state index in [4.69, 9.17) is 9.47 Å². The van der Waals surface area contributed by atoms with Crippen LogP contribution in [-0.2, 0) is 23.9 Å². The topological polar surface area (TPSA) is 111 Å². The Bertz CT molecular complexity index is 1180. The van der Waals surface area contributed by atoms with Crippen LogP contribution in [0.2, 0.25) is 0 Å². The fourth-order valence-electron chi connectivity index (χ4n) is 3.26. The number of fused-ring (bicyclic) bond motifs is 1. The van der Waals surface area contributed by atoms with E-state index in [0.717, 1.165) is 23.6 Å². The van der Waals surface area contributed by atoms with E-state index < -0.39 is 24.5 Å². The second kappa shape index (κ2) is 12.9. The number of hydrogen-bond donors (Lipinski definition) is 2. The Balaban J connectivity index is 1.38. The summed E-state index contributed by atoms with van der Waals surface area (Å²) < 4.78 is 10.1. The number of anilines is 2. The molecule has 3 rings (SSSR count). The zero-order valence-electron chi connectivity index (χ0n) is 19.5. The molecule has 8 heteroatoms. The first-order valence-corrected chi connectivity index (χ1v) is 11.5. The van der Waals surface area contributed by atoms with Gasteiger partial charge in [0.15, 0.2) is 6.61 Å². The standard InChI is InChI=1S/C27H28N2O6/c1-2-3-17-34-27(33)20-11-13-21(14-12-20)28-25(31)18-35-26(32)16-15-24(30)29-23-10-6-8-19-7-4-5-9-22(19)23/h4-14H,2-3,15-18H2,1H3,(H,28,31)(H,29,30). The minimum atomic E-state index is -0.654. The predicted octanol–water partition coefficient (Wildman–Crippen LogP) is 4.70. The van der Waals surface area contributed by atoms with Gasteiger partial charge in [0.25, 0.3) is 5.91 Å². The van der Waals surface area contributed by atoms with Crippen molar-refractivity contribution >= 4 is 45.9 Å². The monoisotopic (exact) mass is 476 g/mol. The molecule has 0 spiro atoms. The fourth-order valence-corrected chi connectivity index (χ4v) is 3.26. The third-order valence-corrected chi connectivity index (χ3v) is 5.12. The van der Waals surface area contributed by atoms with E-state index in [1.165, 1.54) is 0 Å². The van der Waals surface area contributed by atoms with Crippen LogP contribution in [0.25, 0.3) is 10.8 Å². The molecule has 3 aromatic rings. The molecule has 0 bridgehead atoms. The minimum absolute atomic E-state index is 0.0699. The summed E-state index contributed by atoms with van der Waals surface area (Å²) in [7, 11) is 0. The third-order valence-electron chi connectivity index (χ3n) is 5.12. The van der Waals surface area contributed by atoms with E-state index in [0.29, 0.717) is 23.5 Å². The molecule has 0 aliphatic rings. The van der Waals surface area contributed by atoms with Crippen LogP contribution in [0.15, 0.2) is 66.7 Å². The SMILES string of the molecule is CCCCOC(=O)c1ccc(NC(=O)COC(=O)CCC(=O)Nc2cccc3ccccc23)cc1. The summed E-state index contributed by atoms with van der Waals surface area (Å²) in [5.41, 5.74) is 1.50. The molecule has 3 aromatic carbocycles. The molecule has 0 aromatic heterocycles. The van der Waals surface area contributed by atoms with Gasteiger partial charge in [0, 0.05) is 23.2 Å². The average molecular weight is 477 g/mol. The Morgan fingerprint density at radius 2 is 1.51 bits per heavy atom. The summed E-state index contributed by atoms with van der Waals surface area (Å²) in [5.74, 6) is -1.93. The molecule has 8 nitrogen and oxygen atoms in total. The fraction of sp³-hybridized carbons (Fsp3) is 0.259. The van der Waals surface area contributed by atoms with E-state index in [2.05, 4.69) is 10.6 Å². The number of ether oxygens (including phenoxy) is 2. The van der Waals surface area contributed by atoms with Crippen molar-refractivity contribution in [2.24, 2.45) is 0 Å². The van der Waals surface area contributed by atoms with Gasteiger partial charge in [0.1, 0.15) is 0 Å². The number of hydrogen-bond acceptors (Lipinski definition) is 6. The van der Waals surface area contributed by atoms with E-state index in [1.54, 1.807) is 30.3 Å². The molecule has 0 heterocycles. The minimum Gasteiger partial charge on any atom is -0.462 e. The highest BCUT2D eigenvalue weighted by atomic mass is 16.5. The van der Waals surface area contributed by atoms with Crippen LogP contribution in [0.4, 0.5) is 11.4 Å². The lowest BCUT2D eigenvalue weighted by atomic mass is 10.1. The van der Waals surface area contributed by atoms with Crippen molar-refractivity contribution in [3.63, 3.8) is 0 Å². The summed E-state index contributed by atoms with van der Waals surface area (Å²) in [6, 6.07) is 19.5. The molecule has 0 aliphatic carbocycles. The number of amides is 2. The van der Waals surface area contributed by atoms with Gasteiger partial charge in [-0.15, -0.1) is 0 Å². The number of carbonyl (C=O) groups is 4. The summed E-state index contributed by atoms with van der Waals surface area (Å²) in [5, 5.41) is 7.29. The number of carbonyl (C=O) groups excluding carboxylic acids is 4. The van der Waals surface area contributed by atoms with E-state index in [-0.39, 0.29) is 18.7 Å². The second-order valence-corrected chi connectivity index (χ2v) is 7.85. The van der Waals surface area contributed by atoms with Gasteiger partial charge in [0.05, 0.1) is 18.6 Å². The lowest BCUT2D eigenvalue weighted by Crippen LogP contribution is -2.21. The Kier molecular flexibility index (Phi) is 9.36. The van der Waals surface area contributed by atoms with Gasteiger partial charge in [-0.3, -0.25) is 14.4 Å². The zero-order valence-corrected chi connectivity index (χ0v) is 19.5. The molecule has 35 heavy (non-hydrogen) atoms. The van der Waals surface area contributed by atoms with Crippen molar-refractivity contribution in [3.05, 3.63) is 72.3 Å². The maximum Gasteiger partial charge on any atom is 0.338 e. The van der Waals surface area contributed by atoms with E-state index in [9.17, 15) is 19.2 Å². The maximum absolute atomic E-state index is 12.3. The number of esters is 2. The summed E-state index contributed by atoms with van der Waals surface area (Å²) in [6.07, 6.45) is 1.51. The van der Waals surface area contributed by atoms with Crippen LogP contribution in [0.1, 0.15) is 43.0 Å². The Hall–Kier alpha value is -4.20. The first kappa shape index (κ1) is 25.4. The molecular weight excluding hydrogens is 448 g/mol. The van der Waals surface area contributed by atoms with Crippen LogP contribution in [-0.4, -0.2) is 37.0 Å². The third kappa shape index (κ3) is 7.96. The normalized spacial score (nSPS) is 10.4. The molecule has 0 aliphatic heterocycles. The molecule has 182 valence electrons. The largest absolute Gasteiger partial charge is 0.462 e. The molecule has 2 N–H and O–H groups in total. The number of rotatable bonds is 11. The van der Waals surface area contributed by atoms with Crippen molar-refractivity contribution in [2.75, 3.05) is 23.8 Å². The maximum atomic E-state index is 12.3. The highest BCUT2D eigenvalue weighted by Gasteiger charge is 2.12. The zero-order chi connectivity index (χ0) is 25.0. The molecule has 0 saturated carbocycles. The summed E-state index contributed by atoms with van der Waals surface area (Å²) in [4.78, 5) is 48.2. The van der Waals surface area contributed by atoms with Crippen LogP contribution in [0.3, 0.4) is 0 Å². The van der Waals surface area contributed by atoms with Crippen LogP contribution in [0.5, 0.6) is 0 Å². The van der Waals surface area contributed by atoms with Gasteiger partial charge in [-0.25, -0.2) is 4.79 Å². The molecule has 0 radical (unpaired) electrons. The van der Waals surface area contributed by atoms with Gasteiger partial charge in [-0.05, 0) is 42.1 Å². The number of benzene rings is 3. The van der Waals surface area contributed by atoms with Gasteiger partial charge >= 0.3 is 11.9 Å². The van der Waals surface area contributed by atoms with Crippen LogP contribution < -0.4 is 10.6 Å². The van der Waals surface area contributed by atoms with Crippen molar-refractivity contribution in [1.82, 2.24) is 0 Å². The van der Waals surface area contributed by atoms with Gasteiger partial charge in [0.2, 0.25) is 5.91 Å². The average Bonchev–Trinajstić information content (AvgIpc) is 2.87. The van der Waals surface area contributed by atoms with Crippen molar-refractivity contribution in [1.29, 1.82) is 0 Å². The smallest absolute Gasteiger partial charge is 0.338 e. The lowest BCUT2D eigenvalue weighted by Gasteiger charge is -2.09. The van der Waals surface area contributed by atoms with Crippen molar-refractivity contribution < 1.29 is 28.7 Å². The van der Waals surface area contributed by atoms with Gasteiger partial charge in [-0.2, -0.15) is 0 Å². The quantitative estimate of drug-likeness (QED) is 0.307. The first-order valence-electron chi connectivity index (χ1n) is 11.5. The highest BCUT2D eigenvalue weighted by Crippen LogP contribution is 2.23. The lowest BCUT2D eigenvalue weighted by molar-refractivity contribution is -0.147. The number of unbranched alkanes of at least 4 members (excludes halogenated alkanes) is 1. The van der Waals surface area contributed by atoms with Crippen LogP contribution in [0, 0.1) is 0 Å². The van der Waals surface area contributed by atoms with Crippen molar-refractivity contribution in [2.45, 2.75) is 32.6 Å². The summed E-state index contributed by atoms with van der Waals surface area (Å²) >= 11 is 0. The predicted molar refractivity (Wildman–Crippen MR) is 133 cm³/mol. The highest BCUT2D eigenvalue weighted by molar-refractivity contribution is 6.02. The summed E-state index contributed by atoms with van der Waals surface area (Å²) in [6.45, 7) is 1.89. The first-order chi connectivity index (χ1) is 17.0. The number of nitrogens with one attached hydrogen (secondary N) is 2. The Morgan fingerprint density at radius 3 is 2.29 bits per heavy atom. The molecule has 0 saturated heterocycles. The van der Waals surface area contributed by atoms with E-state index >= 15 is 0 Å². The van der Waals surface area contributed by atoms with Crippen LogP contribution >= 0.6 is 0 Å². The molecule has 0 fully saturated rings. The molecular formula is C27H28N2O6. The molecule has 0 atom stereocenters. The Morgan fingerprint density at radius 1 is 0.771 bits per heavy atom. The van der Waals surface area contributed by atoms with Gasteiger partial charge < -0.3 is 20.1 Å². The van der Waals surface area contributed by atoms with Crippen molar-refractivity contribution in [3.8, 4) is 0 Å². The van der Waals surface area contributed by atoms with Gasteiger partial charge in [-0.1, -0.05) is 49.7 Å². The molecule has 2 amide bonds.